The second-order valence-corrected chi connectivity index (χ2v) is 5.86. The van der Waals surface area contributed by atoms with Gasteiger partial charge in [0.1, 0.15) is 16.5 Å². The fourth-order valence-electron chi connectivity index (χ4n) is 1.08. The van der Waals surface area contributed by atoms with E-state index in [1.54, 1.807) is 0 Å². The molecule has 108 valence electrons. The molecule has 0 aliphatic rings. The van der Waals surface area contributed by atoms with Crippen molar-refractivity contribution in [2.45, 2.75) is 0 Å². The highest BCUT2D eigenvalue weighted by Gasteiger charge is 2.04. The van der Waals surface area contributed by atoms with Crippen LogP contribution in [0.2, 0.25) is 30.1 Å². The van der Waals surface area contributed by atoms with Gasteiger partial charge in [0, 0.05) is 23.2 Å². The van der Waals surface area contributed by atoms with Gasteiger partial charge in [0.05, 0.1) is 20.1 Å². The Morgan fingerprint density at radius 2 is 1.05 bits per heavy atom. The van der Waals surface area contributed by atoms with E-state index in [2.05, 4.69) is 0 Å². The van der Waals surface area contributed by atoms with E-state index in [1.165, 1.54) is 24.3 Å². The fourth-order valence-corrected chi connectivity index (χ4v) is 2.26. The van der Waals surface area contributed by atoms with Crippen molar-refractivity contribution in [1.82, 2.24) is 0 Å². The van der Waals surface area contributed by atoms with Gasteiger partial charge in [-0.3, -0.25) is 0 Å². The third kappa shape index (κ3) is 4.96. The summed E-state index contributed by atoms with van der Waals surface area (Å²) in [6.07, 6.45) is 0. The van der Waals surface area contributed by atoms with Gasteiger partial charge in [-0.25, -0.2) is 0 Å². The molecular formula is C12H6Cl6O2. The summed E-state index contributed by atoms with van der Waals surface area (Å²) in [5.74, 6) is -0.0847. The maximum atomic E-state index is 8.98. The molecule has 2 N–H and O–H groups in total. The Balaban J connectivity index is 0.000000200. The molecule has 0 saturated carbocycles. The first-order chi connectivity index (χ1) is 9.22. The van der Waals surface area contributed by atoms with Gasteiger partial charge >= 0.3 is 0 Å². The van der Waals surface area contributed by atoms with Gasteiger partial charge in [0.25, 0.3) is 0 Å². The first kappa shape index (κ1) is 17.8. The molecule has 0 unspecified atom stereocenters. The minimum Gasteiger partial charge on any atom is -0.508 e. The van der Waals surface area contributed by atoms with Crippen molar-refractivity contribution in [3.05, 3.63) is 54.4 Å². The van der Waals surface area contributed by atoms with Crippen LogP contribution in [0.5, 0.6) is 11.5 Å². The molecule has 2 rings (SSSR count). The van der Waals surface area contributed by atoms with Gasteiger partial charge in [-0.05, 0) is 6.07 Å². The minimum absolute atomic E-state index is 0.0133. The summed E-state index contributed by atoms with van der Waals surface area (Å²) >= 11 is 33.2. The van der Waals surface area contributed by atoms with E-state index in [-0.39, 0.29) is 36.6 Å². The third-order valence-corrected chi connectivity index (χ3v) is 4.15. The summed E-state index contributed by atoms with van der Waals surface area (Å²) in [5.41, 5.74) is 0. The standard InChI is InChI=1S/2C6H3Cl3O/c7-4-1-3(10)2-5(8)6(4)9;7-3-1-4(8)6(9)5(10)2-3/h2*1-2,10H. The predicted octanol–water partition coefficient (Wildman–Crippen LogP) is 6.70. The lowest BCUT2D eigenvalue weighted by Gasteiger charge is -1.98. The molecule has 2 nitrogen and oxygen atoms in total. The van der Waals surface area contributed by atoms with Gasteiger partial charge in [-0.15, -0.1) is 0 Å². The summed E-state index contributed by atoms with van der Waals surface area (Å²) in [6.45, 7) is 0. The summed E-state index contributed by atoms with van der Waals surface area (Å²) in [4.78, 5) is 0. The second kappa shape index (κ2) is 7.69. The molecule has 0 saturated heterocycles. The van der Waals surface area contributed by atoms with Gasteiger partial charge in [-0.2, -0.15) is 0 Å². The number of rotatable bonds is 0. The summed E-state index contributed by atoms with van der Waals surface area (Å²) < 4.78 is 0. The number of hydrogen-bond acceptors (Lipinski definition) is 2. The van der Waals surface area contributed by atoms with Gasteiger partial charge in [0.2, 0.25) is 0 Å². The lowest BCUT2D eigenvalue weighted by molar-refractivity contribution is 0.475. The Kier molecular flexibility index (Phi) is 6.86. The number of phenolic OH excluding ortho intramolecular Hbond substituents is 2. The highest BCUT2D eigenvalue weighted by atomic mass is 35.5. The number of hydrogen-bond donors (Lipinski definition) is 2. The smallest absolute Gasteiger partial charge is 0.137 e. The van der Waals surface area contributed by atoms with E-state index in [9.17, 15) is 0 Å². The zero-order valence-electron chi connectivity index (χ0n) is 9.47. The van der Waals surface area contributed by atoms with Crippen molar-refractivity contribution in [1.29, 1.82) is 0 Å². The lowest BCUT2D eigenvalue weighted by atomic mass is 10.3. The molecule has 0 spiro atoms. The second-order valence-electron chi connectivity index (χ2n) is 3.44. The van der Waals surface area contributed by atoms with Crippen molar-refractivity contribution in [3.63, 3.8) is 0 Å². The van der Waals surface area contributed by atoms with Gasteiger partial charge in [0.15, 0.2) is 0 Å². The van der Waals surface area contributed by atoms with E-state index in [1.807, 2.05) is 0 Å². The van der Waals surface area contributed by atoms with Gasteiger partial charge < -0.3 is 10.2 Å². The number of halogens is 6. The van der Waals surface area contributed by atoms with Crippen LogP contribution in [0.4, 0.5) is 0 Å². The highest BCUT2D eigenvalue weighted by Crippen LogP contribution is 2.34. The molecule has 0 radical (unpaired) electrons. The third-order valence-electron chi connectivity index (χ3n) is 1.94. The quantitative estimate of drug-likeness (QED) is 0.385. The fraction of sp³-hybridized carbons (Fsp3) is 0. The number of aromatic hydroxyl groups is 2. The highest BCUT2D eigenvalue weighted by molar-refractivity contribution is 6.48. The average molecular weight is 395 g/mol. The number of phenols is 2. The molecule has 2 aromatic carbocycles. The molecule has 0 aromatic heterocycles. The first-order valence-electron chi connectivity index (χ1n) is 4.89. The van der Waals surface area contributed by atoms with Crippen LogP contribution in [-0.2, 0) is 0 Å². The van der Waals surface area contributed by atoms with Crippen LogP contribution in [0, 0.1) is 0 Å². The van der Waals surface area contributed by atoms with Crippen LogP contribution < -0.4 is 0 Å². The Morgan fingerprint density at radius 1 is 0.600 bits per heavy atom. The Hall–Kier alpha value is -0.220. The topological polar surface area (TPSA) is 40.5 Å². The Bertz CT molecular complexity index is 528. The molecule has 0 aliphatic heterocycles. The molecule has 0 amide bonds. The maximum Gasteiger partial charge on any atom is 0.137 e. The predicted molar refractivity (Wildman–Crippen MR) is 86.3 cm³/mol. The average Bonchev–Trinajstić information content (AvgIpc) is 2.33. The van der Waals surface area contributed by atoms with E-state index < -0.39 is 0 Å². The van der Waals surface area contributed by atoms with Crippen molar-refractivity contribution in [2.24, 2.45) is 0 Å². The molecule has 8 heteroatoms. The van der Waals surface area contributed by atoms with Crippen LogP contribution in [0.25, 0.3) is 0 Å². The summed E-state index contributed by atoms with van der Waals surface area (Å²) in [5, 5.41) is 19.4. The van der Waals surface area contributed by atoms with E-state index in [0.29, 0.717) is 5.02 Å². The Labute approximate surface area is 145 Å². The first-order valence-corrected chi connectivity index (χ1v) is 7.16. The Morgan fingerprint density at radius 3 is 1.50 bits per heavy atom. The molecule has 0 heterocycles. The molecule has 0 fully saturated rings. The maximum absolute atomic E-state index is 8.98. The van der Waals surface area contributed by atoms with Crippen LogP contribution in [-0.4, -0.2) is 10.2 Å². The zero-order valence-corrected chi connectivity index (χ0v) is 14.0. The van der Waals surface area contributed by atoms with Crippen LogP contribution in [0.3, 0.4) is 0 Å². The molecule has 2 aromatic rings. The van der Waals surface area contributed by atoms with Crippen molar-refractivity contribution in [2.75, 3.05) is 0 Å². The van der Waals surface area contributed by atoms with Crippen LogP contribution in [0.15, 0.2) is 24.3 Å². The summed E-state index contributed by atoms with van der Waals surface area (Å²) in [6, 6.07) is 5.45. The van der Waals surface area contributed by atoms with Crippen LogP contribution in [0.1, 0.15) is 0 Å². The monoisotopic (exact) mass is 392 g/mol. The van der Waals surface area contributed by atoms with E-state index >= 15 is 0 Å². The van der Waals surface area contributed by atoms with E-state index in [0.717, 1.165) is 0 Å². The SMILES string of the molecule is Oc1cc(Cl)c(Cl)c(Cl)c1.Oc1cc(Cl)cc(Cl)c1Cl. The minimum atomic E-state index is -0.0980. The van der Waals surface area contributed by atoms with Crippen LogP contribution >= 0.6 is 69.6 Å². The number of benzene rings is 2. The molecule has 20 heavy (non-hydrogen) atoms. The zero-order chi connectivity index (χ0) is 15.4. The molecule has 0 bridgehead atoms. The van der Waals surface area contributed by atoms with E-state index in [4.69, 9.17) is 79.8 Å². The van der Waals surface area contributed by atoms with Crippen molar-refractivity contribution >= 4 is 69.6 Å². The summed E-state index contributed by atoms with van der Waals surface area (Å²) in [7, 11) is 0. The van der Waals surface area contributed by atoms with Gasteiger partial charge in [-0.1, -0.05) is 69.6 Å². The molecular weight excluding hydrogens is 389 g/mol. The van der Waals surface area contributed by atoms with Crippen molar-refractivity contribution in [3.8, 4) is 11.5 Å². The van der Waals surface area contributed by atoms with Crippen molar-refractivity contribution < 1.29 is 10.2 Å². The largest absolute Gasteiger partial charge is 0.508 e. The lowest BCUT2D eigenvalue weighted by Crippen LogP contribution is -1.71. The molecule has 0 atom stereocenters. The molecule has 0 aliphatic carbocycles. The normalized spacial score (nSPS) is 9.90.